The van der Waals surface area contributed by atoms with Gasteiger partial charge >= 0.3 is 0 Å². The fourth-order valence-corrected chi connectivity index (χ4v) is 3.52. The van der Waals surface area contributed by atoms with Gasteiger partial charge in [0, 0.05) is 39.9 Å². The number of amides is 1. The number of nitrogens with zero attached hydrogens (tertiary/aromatic N) is 2. The number of nitriles is 1. The molecule has 7 heteroatoms. The van der Waals surface area contributed by atoms with E-state index in [9.17, 15) is 10.1 Å². The Kier molecular flexibility index (Phi) is 6.01. The summed E-state index contributed by atoms with van der Waals surface area (Å²) in [7, 11) is 0. The van der Waals surface area contributed by atoms with Crippen molar-refractivity contribution in [3.63, 3.8) is 0 Å². The minimum absolute atomic E-state index is 0.118. The molecule has 0 aliphatic rings. The fourth-order valence-electron chi connectivity index (χ4n) is 2.33. The van der Waals surface area contributed by atoms with Gasteiger partial charge in [0.1, 0.15) is 16.6 Å². The third-order valence-electron chi connectivity index (χ3n) is 3.56. The van der Waals surface area contributed by atoms with E-state index >= 15 is 0 Å². The average Bonchev–Trinajstić information content (AvgIpc) is 3.13. The number of halogens is 1. The lowest BCUT2D eigenvalue weighted by atomic mass is 10.2. The zero-order valence-electron chi connectivity index (χ0n) is 14.4. The van der Waals surface area contributed by atoms with Gasteiger partial charge < -0.3 is 10.6 Å². The standard InChI is InChI=1S/C20H15BrN4OS/c1-13(26)24-18-7-5-17(6-8-18)23-11-15(10-22)20-25-19(12-27-20)14-3-2-4-16(21)9-14/h2-9,11-12,23H,1H3,(H,24,26). The first-order valence-electron chi connectivity index (χ1n) is 8.01. The van der Waals surface area contributed by atoms with Crippen LogP contribution in [-0.2, 0) is 4.79 Å². The molecule has 0 fully saturated rings. The molecule has 0 saturated carbocycles. The molecule has 0 atom stereocenters. The van der Waals surface area contributed by atoms with Crippen molar-refractivity contribution in [2.45, 2.75) is 6.92 Å². The highest BCUT2D eigenvalue weighted by molar-refractivity contribution is 9.10. The quantitative estimate of drug-likeness (QED) is 0.514. The first-order valence-corrected chi connectivity index (χ1v) is 9.69. The fraction of sp³-hybridized carbons (Fsp3) is 0.0500. The van der Waals surface area contributed by atoms with Crippen LogP contribution in [0.2, 0.25) is 0 Å². The largest absolute Gasteiger partial charge is 0.360 e. The number of allylic oxidation sites excluding steroid dienone is 1. The molecule has 0 aliphatic carbocycles. The summed E-state index contributed by atoms with van der Waals surface area (Å²) in [6.07, 6.45) is 1.64. The van der Waals surface area contributed by atoms with Crippen molar-refractivity contribution in [1.82, 2.24) is 4.98 Å². The number of hydrogen-bond acceptors (Lipinski definition) is 5. The second-order valence-corrected chi connectivity index (χ2v) is 7.39. The Labute approximate surface area is 169 Å². The number of nitrogens with one attached hydrogen (secondary N) is 2. The van der Waals surface area contributed by atoms with Crippen molar-refractivity contribution < 1.29 is 4.79 Å². The van der Waals surface area contributed by atoms with E-state index in [0.717, 1.165) is 27.1 Å². The molecule has 1 aromatic heterocycles. The van der Waals surface area contributed by atoms with Gasteiger partial charge in [-0.2, -0.15) is 5.26 Å². The zero-order chi connectivity index (χ0) is 19.2. The number of thiazole rings is 1. The molecule has 1 heterocycles. The number of benzene rings is 2. The number of rotatable bonds is 5. The van der Waals surface area contributed by atoms with Gasteiger partial charge in [0.05, 0.1) is 5.69 Å². The Morgan fingerprint density at radius 1 is 1.22 bits per heavy atom. The molecular weight excluding hydrogens is 424 g/mol. The van der Waals surface area contributed by atoms with Gasteiger partial charge in [0.2, 0.25) is 5.91 Å². The SMILES string of the molecule is CC(=O)Nc1ccc(NC=C(C#N)c2nc(-c3cccc(Br)c3)cs2)cc1. The number of aromatic nitrogens is 1. The normalized spacial score (nSPS) is 10.9. The Morgan fingerprint density at radius 3 is 2.63 bits per heavy atom. The summed E-state index contributed by atoms with van der Waals surface area (Å²) in [6.45, 7) is 1.46. The van der Waals surface area contributed by atoms with Crippen LogP contribution < -0.4 is 10.6 Å². The molecule has 0 spiro atoms. The van der Waals surface area contributed by atoms with E-state index in [0.29, 0.717) is 10.6 Å². The molecule has 0 bridgehead atoms. The van der Waals surface area contributed by atoms with Crippen LogP contribution in [0.15, 0.2) is 64.6 Å². The van der Waals surface area contributed by atoms with Gasteiger partial charge in [0.25, 0.3) is 0 Å². The molecule has 134 valence electrons. The Hall–Kier alpha value is -2.95. The lowest BCUT2D eigenvalue weighted by molar-refractivity contribution is -0.114. The minimum Gasteiger partial charge on any atom is -0.360 e. The summed E-state index contributed by atoms with van der Waals surface area (Å²) in [6, 6.07) is 17.3. The van der Waals surface area contributed by atoms with E-state index in [2.05, 4.69) is 37.6 Å². The summed E-state index contributed by atoms with van der Waals surface area (Å²) >= 11 is 4.88. The highest BCUT2D eigenvalue weighted by Crippen LogP contribution is 2.27. The summed E-state index contributed by atoms with van der Waals surface area (Å²) in [5, 5.41) is 17.9. The van der Waals surface area contributed by atoms with Crippen molar-refractivity contribution in [2.24, 2.45) is 0 Å². The van der Waals surface area contributed by atoms with E-state index < -0.39 is 0 Å². The van der Waals surface area contributed by atoms with E-state index in [-0.39, 0.29) is 5.91 Å². The molecule has 1 amide bonds. The predicted octanol–water partition coefficient (Wildman–Crippen LogP) is 5.51. The van der Waals surface area contributed by atoms with Crippen LogP contribution in [0.25, 0.3) is 16.8 Å². The van der Waals surface area contributed by atoms with Crippen LogP contribution in [0.1, 0.15) is 11.9 Å². The van der Waals surface area contributed by atoms with Crippen molar-refractivity contribution in [2.75, 3.05) is 10.6 Å². The summed E-state index contributed by atoms with van der Waals surface area (Å²) in [5.41, 5.74) is 3.80. The molecule has 2 aromatic carbocycles. The molecule has 27 heavy (non-hydrogen) atoms. The van der Waals surface area contributed by atoms with Crippen LogP contribution in [0.3, 0.4) is 0 Å². The lowest BCUT2D eigenvalue weighted by Crippen LogP contribution is -2.05. The van der Waals surface area contributed by atoms with Crippen LogP contribution in [-0.4, -0.2) is 10.9 Å². The highest BCUT2D eigenvalue weighted by Gasteiger charge is 2.09. The van der Waals surface area contributed by atoms with Crippen LogP contribution in [0.4, 0.5) is 11.4 Å². The molecule has 0 unspecified atom stereocenters. The molecule has 5 nitrogen and oxygen atoms in total. The molecule has 2 N–H and O–H groups in total. The van der Waals surface area contributed by atoms with Crippen LogP contribution in [0, 0.1) is 11.3 Å². The van der Waals surface area contributed by atoms with Gasteiger partial charge in [-0.15, -0.1) is 11.3 Å². The third kappa shape index (κ3) is 5.03. The second-order valence-electron chi connectivity index (χ2n) is 5.62. The molecule has 3 aromatic rings. The lowest BCUT2D eigenvalue weighted by Gasteiger charge is -2.04. The summed E-state index contributed by atoms with van der Waals surface area (Å²) in [5.74, 6) is -0.118. The van der Waals surface area contributed by atoms with Gasteiger partial charge in [-0.1, -0.05) is 28.1 Å². The Bertz CT molecular complexity index is 1030. The summed E-state index contributed by atoms with van der Waals surface area (Å²) < 4.78 is 0.981. The smallest absolute Gasteiger partial charge is 0.221 e. The van der Waals surface area contributed by atoms with Crippen LogP contribution in [0.5, 0.6) is 0 Å². The Morgan fingerprint density at radius 2 is 1.96 bits per heavy atom. The molecular formula is C20H15BrN4OS. The van der Waals surface area contributed by atoms with Crippen molar-refractivity contribution >= 4 is 50.1 Å². The number of carbonyl (C=O) groups is 1. The number of carbonyl (C=O) groups excluding carboxylic acids is 1. The topological polar surface area (TPSA) is 77.8 Å². The predicted molar refractivity (Wildman–Crippen MR) is 113 cm³/mol. The van der Waals surface area contributed by atoms with Crippen molar-refractivity contribution in [1.29, 1.82) is 5.26 Å². The van der Waals surface area contributed by atoms with E-state index in [4.69, 9.17) is 0 Å². The maximum Gasteiger partial charge on any atom is 0.221 e. The van der Waals surface area contributed by atoms with E-state index in [1.165, 1.54) is 18.3 Å². The Balaban J connectivity index is 1.75. The summed E-state index contributed by atoms with van der Waals surface area (Å²) in [4.78, 5) is 15.6. The zero-order valence-corrected chi connectivity index (χ0v) is 16.8. The van der Waals surface area contributed by atoms with Crippen molar-refractivity contribution in [3.05, 3.63) is 69.6 Å². The monoisotopic (exact) mass is 438 g/mol. The molecule has 3 rings (SSSR count). The van der Waals surface area contributed by atoms with Crippen molar-refractivity contribution in [3.8, 4) is 17.3 Å². The molecule has 0 saturated heterocycles. The van der Waals surface area contributed by atoms with Gasteiger partial charge in [0.15, 0.2) is 0 Å². The number of hydrogen-bond donors (Lipinski definition) is 2. The highest BCUT2D eigenvalue weighted by atomic mass is 79.9. The average molecular weight is 439 g/mol. The van der Waals surface area contributed by atoms with Gasteiger partial charge in [-0.05, 0) is 36.4 Å². The van der Waals surface area contributed by atoms with Gasteiger partial charge in [-0.3, -0.25) is 4.79 Å². The first kappa shape index (κ1) is 18.8. The maximum absolute atomic E-state index is 11.1. The number of anilines is 2. The second kappa shape index (κ2) is 8.62. The van der Waals surface area contributed by atoms with Gasteiger partial charge in [-0.25, -0.2) is 4.98 Å². The van der Waals surface area contributed by atoms with E-state index in [1.807, 2.05) is 41.8 Å². The molecule has 0 radical (unpaired) electrons. The minimum atomic E-state index is -0.118. The third-order valence-corrected chi connectivity index (χ3v) is 4.93. The maximum atomic E-state index is 11.1. The molecule has 0 aliphatic heterocycles. The van der Waals surface area contributed by atoms with E-state index in [1.54, 1.807) is 18.3 Å². The van der Waals surface area contributed by atoms with Crippen LogP contribution >= 0.6 is 27.3 Å². The first-order chi connectivity index (χ1) is 13.0.